The van der Waals surface area contributed by atoms with Gasteiger partial charge < -0.3 is 14.1 Å². The number of hydrogen-bond acceptors (Lipinski definition) is 5. The van der Waals surface area contributed by atoms with Crippen LogP contribution in [0.1, 0.15) is 51.3 Å². The number of carbonyl (C=O) groups excluding carboxylic acids is 1. The highest BCUT2D eigenvalue weighted by Crippen LogP contribution is 2.40. The fourth-order valence-corrected chi connectivity index (χ4v) is 4.61. The minimum Gasteiger partial charge on any atom is -0.494 e. The number of fused-ring (bicyclic) bond motifs is 2. The summed E-state index contributed by atoms with van der Waals surface area (Å²) in [6, 6.07) is 14.5. The first-order valence-electron chi connectivity index (χ1n) is 11.0. The highest BCUT2D eigenvalue weighted by Gasteiger charge is 2.43. The first-order valence-corrected chi connectivity index (χ1v) is 11.0. The van der Waals surface area contributed by atoms with Gasteiger partial charge in [-0.2, -0.15) is 0 Å². The smallest absolute Gasteiger partial charge is 0.291 e. The van der Waals surface area contributed by atoms with Crippen LogP contribution in [0.5, 0.6) is 5.75 Å². The zero-order chi connectivity index (χ0) is 23.1. The van der Waals surface area contributed by atoms with Crippen LogP contribution >= 0.6 is 0 Å². The Balaban J connectivity index is 1.75. The van der Waals surface area contributed by atoms with Crippen LogP contribution in [0.25, 0.3) is 11.0 Å². The molecule has 0 bridgehead atoms. The number of ether oxygens (including phenoxy) is 1. The third kappa shape index (κ3) is 3.57. The Morgan fingerprint density at radius 2 is 1.94 bits per heavy atom. The highest BCUT2D eigenvalue weighted by molar-refractivity contribution is 5.99. The van der Waals surface area contributed by atoms with Gasteiger partial charge in [0.05, 0.1) is 23.6 Å². The number of aryl methyl sites for hydroxylation is 2. The van der Waals surface area contributed by atoms with Crippen molar-refractivity contribution in [3.8, 4) is 5.75 Å². The van der Waals surface area contributed by atoms with Gasteiger partial charge in [-0.05, 0) is 67.3 Å². The second-order valence-corrected chi connectivity index (χ2v) is 8.33. The molecule has 0 radical (unpaired) electrons. The van der Waals surface area contributed by atoms with Crippen molar-refractivity contribution in [1.29, 1.82) is 0 Å². The number of carbonyl (C=O) groups is 1. The summed E-state index contributed by atoms with van der Waals surface area (Å²) in [4.78, 5) is 33.2. The lowest BCUT2D eigenvalue weighted by molar-refractivity contribution is 0.0714. The molecule has 6 nitrogen and oxygen atoms in total. The lowest BCUT2D eigenvalue weighted by Crippen LogP contribution is -2.29. The van der Waals surface area contributed by atoms with Crippen molar-refractivity contribution >= 4 is 16.9 Å². The molecule has 1 aliphatic rings. The quantitative estimate of drug-likeness (QED) is 0.439. The van der Waals surface area contributed by atoms with E-state index in [2.05, 4.69) is 4.98 Å². The summed E-state index contributed by atoms with van der Waals surface area (Å²) >= 11 is 0. The van der Waals surface area contributed by atoms with E-state index in [0.29, 0.717) is 35.4 Å². The molecular weight excluding hydrogens is 416 g/mol. The zero-order valence-electron chi connectivity index (χ0n) is 18.8. The van der Waals surface area contributed by atoms with Gasteiger partial charge in [-0.25, -0.2) is 0 Å². The molecule has 166 valence electrons. The van der Waals surface area contributed by atoms with Gasteiger partial charge in [-0.1, -0.05) is 24.3 Å². The Morgan fingerprint density at radius 3 is 2.70 bits per heavy atom. The Labute approximate surface area is 191 Å². The van der Waals surface area contributed by atoms with Crippen LogP contribution in [0.15, 0.2) is 70.1 Å². The van der Waals surface area contributed by atoms with Gasteiger partial charge in [0.2, 0.25) is 5.76 Å². The molecule has 6 heteroatoms. The largest absolute Gasteiger partial charge is 0.494 e. The van der Waals surface area contributed by atoms with Crippen LogP contribution in [0, 0.1) is 13.8 Å². The minimum atomic E-state index is -0.588. The van der Waals surface area contributed by atoms with Gasteiger partial charge in [-0.3, -0.25) is 14.6 Å². The van der Waals surface area contributed by atoms with Gasteiger partial charge >= 0.3 is 0 Å². The maximum Gasteiger partial charge on any atom is 0.291 e. The van der Waals surface area contributed by atoms with Crippen molar-refractivity contribution < 1.29 is 13.9 Å². The van der Waals surface area contributed by atoms with E-state index in [1.54, 1.807) is 17.3 Å². The molecule has 0 N–H and O–H groups in total. The molecule has 0 unspecified atom stereocenters. The summed E-state index contributed by atoms with van der Waals surface area (Å²) in [5.74, 6) is 0.490. The second-order valence-electron chi connectivity index (χ2n) is 8.33. The van der Waals surface area contributed by atoms with E-state index in [4.69, 9.17) is 9.15 Å². The van der Waals surface area contributed by atoms with Crippen LogP contribution in [-0.2, 0) is 6.54 Å². The first-order chi connectivity index (χ1) is 16.0. The van der Waals surface area contributed by atoms with E-state index < -0.39 is 6.04 Å². The van der Waals surface area contributed by atoms with Crippen molar-refractivity contribution in [1.82, 2.24) is 9.88 Å². The molecule has 2 aromatic carbocycles. The first kappa shape index (κ1) is 20.9. The zero-order valence-corrected chi connectivity index (χ0v) is 18.8. The average molecular weight is 440 g/mol. The van der Waals surface area contributed by atoms with Crippen LogP contribution in [0.2, 0.25) is 0 Å². The van der Waals surface area contributed by atoms with E-state index >= 15 is 0 Å². The molecule has 5 rings (SSSR count). The number of benzene rings is 2. The molecular formula is C27H24N2O4. The maximum absolute atomic E-state index is 13.8. The minimum absolute atomic E-state index is 0.107. The summed E-state index contributed by atoms with van der Waals surface area (Å²) < 4.78 is 11.8. The maximum atomic E-state index is 13.8. The predicted octanol–water partition coefficient (Wildman–Crippen LogP) is 4.95. The van der Waals surface area contributed by atoms with E-state index in [-0.39, 0.29) is 17.1 Å². The average Bonchev–Trinajstić information content (AvgIpc) is 3.08. The second kappa shape index (κ2) is 8.20. The monoisotopic (exact) mass is 440 g/mol. The van der Waals surface area contributed by atoms with E-state index in [1.165, 1.54) is 0 Å². The summed E-state index contributed by atoms with van der Waals surface area (Å²) in [6.45, 7) is 6.58. The van der Waals surface area contributed by atoms with Gasteiger partial charge in [0.1, 0.15) is 11.3 Å². The normalized spacial score (nSPS) is 15.2. The predicted molar refractivity (Wildman–Crippen MR) is 126 cm³/mol. The van der Waals surface area contributed by atoms with Crippen LogP contribution in [-0.4, -0.2) is 22.4 Å². The summed E-state index contributed by atoms with van der Waals surface area (Å²) in [7, 11) is 0. The molecule has 33 heavy (non-hydrogen) atoms. The summed E-state index contributed by atoms with van der Waals surface area (Å²) in [5.41, 5.74) is 4.13. The van der Waals surface area contributed by atoms with Crippen molar-refractivity contribution in [3.63, 3.8) is 0 Å². The molecule has 0 fully saturated rings. The Kier molecular flexibility index (Phi) is 5.21. The van der Waals surface area contributed by atoms with Gasteiger partial charge in [0, 0.05) is 18.9 Å². The molecule has 2 aromatic heterocycles. The Hall–Kier alpha value is -3.93. The SMILES string of the molecule is CCOc1cccc([C@@H]2c3c(oc4c(C)cc(C)cc4c3=O)C(=O)N2Cc2cccnc2)c1. The number of hydrogen-bond donors (Lipinski definition) is 0. The van der Waals surface area contributed by atoms with Crippen LogP contribution in [0.3, 0.4) is 0 Å². The fourth-order valence-electron chi connectivity index (χ4n) is 4.61. The highest BCUT2D eigenvalue weighted by atomic mass is 16.5. The summed E-state index contributed by atoms with van der Waals surface area (Å²) in [5, 5.41) is 0.494. The Morgan fingerprint density at radius 1 is 1.09 bits per heavy atom. The van der Waals surface area contributed by atoms with Crippen LogP contribution < -0.4 is 10.2 Å². The number of pyridine rings is 1. The third-order valence-electron chi connectivity index (χ3n) is 5.96. The van der Waals surface area contributed by atoms with Gasteiger partial charge in [0.15, 0.2) is 5.43 Å². The number of amides is 1. The number of rotatable bonds is 5. The molecule has 1 aliphatic heterocycles. The lowest BCUT2D eigenvalue weighted by atomic mass is 9.97. The molecule has 0 saturated carbocycles. The van der Waals surface area contributed by atoms with Gasteiger partial charge in [-0.15, -0.1) is 0 Å². The van der Waals surface area contributed by atoms with Crippen molar-refractivity contribution in [2.45, 2.75) is 33.4 Å². The molecule has 0 saturated heterocycles. The van der Waals surface area contributed by atoms with Crippen LogP contribution in [0.4, 0.5) is 0 Å². The molecule has 0 spiro atoms. The van der Waals surface area contributed by atoms with Gasteiger partial charge in [0.25, 0.3) is 5.91 Å². The lowest BCUT2D eigenvalue weighted by Gasteiger charge is -2.25. The Bertz CT molecular complexity index is 1430. The molecule has 0 aliphatic carbocycles. The van der Waals surface area contributed by atoms with Crippen molar-refractivity contribution in [3.05, 3.63) is 105 Å². The standard InChI is InChI=1S/C27H24N2O4/c1-4-32-20-9-5-8-19(13-20)23-22-24(30)21-12-16(2)11-17(3)25(21)33-26(22)27(31)29(23)15-18-7-6-10-28-14-18/h5-14,23H,4,15H2,1-3H3/t23-/m1/s1. The van der Waals surface area contributed by atoms with Crippen molar-refractivity contribution in [2.24, 2.45) is 0 Å². The molecule has 1 amide bonds. The fraction of sp³-hybridized carbons (Fsp3) is 0.222. The molecule has 4 aromatic rings. The molecule has 1 atom stereocenters. The third-order valence-corrected chi connectivity index (χ3v) is 5.96. The topological polar surface area (TPSA) is 72.6 Å². The van der Waals surface area contributed by atoms with Crippen molar-refractivity contribution in [2.75, 3.05) is 6.61 Å². The number of nitrogens with zero attached hydrogens (tertiary/aromatic N) is 2. The van der Waals surface area contributed by atoms with E-state index in [1.807, 2.05) is 69.3 Å². The summed E-state index contributed by atoms with van der Waals surface area (Å²) in [6.07, 6.45) is 3.42. The van der Waals surface area contributed by atoms with E-state index in [0.717, 1.165) is 22.3 Å². The molecule has 3 heterocycles. The van der Waals surface area contributed by atoms with E-state index in [9.17, 15) is 9.59 Å². The number of aromatic nitrogens is 1.